The molecule has 46 heavy (non-hydrogen) atoms. The average Bonchev–Trinajstić information content (AvgIpc) is 3.05. The molecule has 0 fully saturated rings. The SMILES string of the molecule is CC[C@@H](C)NC(=O)[C@H](Cc1ccccc1)N(Cc1cccc(Cl)c1)C(=O)CN(c1ccccc1OC)S(=O)(=O)c1ccc(C)cc1. The van der Waals surface area contributed by atoms with Crippen LogP contribution in [0.1, 0.15) is 37.0 Å². The van der Waals surface area contributed by atoms with E-state index in [1.807, 2.05) is 57.2 Å². The van der Waals surface area contributed by atoms with Gasteiger partial charge in [-0.25, -0.2) is 8.42 Å². The highest BCUT2D eigenvalue weighted by Crippen LogP contribution is 2.33. The Labute approximate surface area is 277 Å². The number of aryl methyl sites for hydroxylation is 1. The van der Waals surface area contributed by atoms with Gasteiger partial charge in [0.2, 0.25) is 11.8 Å². The third kappa shape index (κ3) is 8.68. The predicted molar refractivity (Wildman–Crippen MR) is 183 cm³/mol. The molecule has 0 saturated carbocycles. The maximum atomic E-state index is 14.6. The Morgan fingerprint density at radius 3 is 2.20 bits per heavy atom. The third-order valence-corrected chi connectivity index (χ3v) is 9.76. The molecule has 0 aliphatic carbocycles. The van der Waals surface area contributed by atoms with Gasteiger partial charge in [-0.15, -0.1) is 0 Å². The van der Waals surface area contributed by atoms with Crippen LogP contribution >= 0.6 is 11.6 Å². The van der Waals surface area contributed by atoms with Crippen LogP contribution in [0.25, 0.3) is 0 Å². The number of nitrogens with one attached hydrogen (secondary N) is 1. The van der Waals surface area contributed by atoms with Crippen LogP contribution in [0, 0.1) is 6.92 Å². The normalized spacial score (nSPS) is 12.5. The maximum Gasteiger partial charge on any atom is 0.264 e. The summed E-state index contributed by atoms with van der Waals surface area (Å²) in [4.78, 5) is 30.0. The summed E-state index contributed by atoms with van der Waals surface area (Å²) in [7, 11) is -2.81. The monoisotopic (exact) mass is 661 g/mol. The van der Waals surface area contributed by atoms with Gasteiger partial charge < -0.3 is 15.0 Å². The number of para-hydroxylation sites is 2. The Balaban J connectivity index is 1.84. The molecule has 0 bridgehead atoms. The summed E-state index contributed by atoms with van der Waals surface area (Å²) in [6.07, 6.45) is 0.914. The van der Waals surface area contributed by atoms with Crippen molar-refractivity contribution in [2.75, 3.05) is 18.0 Å². The number of hydrogen-bond acceptors (Lipinski definition) is 5. The molecule has 10 heteroatoms. The number of methoxy groups -OCH3 is 1. The van der Waals surface area contributed by atoms with E-state index < -0.39 is 28.5 Å². The number of halogens is 1. The van der Waals surface area contributed by atoms with Crippen molar-refractivity contribution in [3.63, 3.8) is 0 Å². The molecule has 0 aromatic heterocycles. The largest absolute Gasteiger partial charge is 0.495 e. The lowest BCUT2D eigenvalue weighted by atomic mass is 10.0. The minimum Gasteiger partial charge on any atom is -0.495 e. The van der Waals surface area contributed by atoms with E-state index in [0.29, 0.717) is 17.0 Å². The van der Waals surface area contributed by atoms with Crippen molar-refractivity contribution >= 4 is 39.1 Å². The molecule has 4 rings (SSSR count). The average molecular weight is 662 g/mol. The summed E-state index contributed by atoms with van der Waals surface area (Å²) in [6, 6.07) is 28.5. The number of sulfonamides is 1. The minimum atomic E-state index is -4.26. The van der Waals surface area contributed by atoms with E-state index in [1.54, 1.807) is 54.6 Å². The highest BCUT2D eigenvalue weighted by atomic mass is 35.5. The second kappa shape index (κ2) is 15.8. The Bertz CT molecular complexity index is 1730. The molecule has 4 aromatic rings. The van der Waals surface area contributed by atoms with Crippen molar-refractivity contribution < 1.29 is 22.7 Å². The fourth-order valence-corrected chi connectivity index (χ4v) is 6.65. The molecular weight excluding hydrogens is 622 g/mol. The lowest BCUT2D eigenvalue weighted by molar-refractivity contribution is -0.140. The van der Waals surface area contributed by atoms with Gasteiger partial charge in [-0.05, 0) is 67.8 Å². The zero-order valence-corrected chi connectivity index (χ0v) is 28.1. The van der Waals surface area contributed by atoms with Crippen molar-refractivity contribution in [3.05, 3.63) is 125 Å². The summed E-state index contributed by atoms with van der Waals surface area (Å²) in [5, 5.41) is 3.51. The van der Waals surface area contributed by atoms with Crippen LogP contribution in [0.15, 0.2) is 108 Å². The van der Waals surface area contributed by atoms with Gasteiger partial charge in [0.25, 0.3) is 10.0 Å². The highest BCUT2D eigenvalue weighted by molar-refractivity contribution is 7.92. The van der Waals surface area contributed by atoms with E-state index in [0.717, 1.165) is 15.4 Å². The first kappa shape index (κ1) is 34.5. The van der Waals surface area contributed by atoms with Crippen LogP contribution in [0.4, 0.5) is 5.69 Å². The van der Waals surface area contributed by atoms with E-state index in [2.05, 4.69) is 5.32 Å². The van der Waals surface area contributed by atoms with Crippen molar-refractivity contribution in [1.29, 1.82) is 0 Å². The highest BCUT2D eigenvalue weighted by Gasteiger charge is 2.35. The minimum absolute atomic E-state index is 0.0218. The number of carbonyl (C=O) groups excluding carboxylic acids is 2. The number of ether oxygens (including phenoxy) is 1. The van der Waals surface area contributed by atoms with Crippen LogP contribution in [0.3, 0.4) is 0 Å². The summed E-state index contributed by atoms with van der Waals surface area (Å²) < 4.78 is 35.1. The summed E-state index contributed by atoms with van der Waals surface area (Å²) in [5.74, 6) is -0.622. The number of nitrogens with zero attached hydrogens (tertiary/aromatic N) is 2. The predicted octanol–water partition coefficient (Wildman–Crippen LogP) is 6.41. The zero-order chi connectivity index (χ0) is 33.3. The molecule has 0 spiro atoms. The number of amides is 2. The van der Waals surface area contributed by atoms with Gasteiger partial charge in [-0.1, -0.05) is 90.8 Å². The quantitative estimate of drug-likeness (QED) is 0.169. The Morgan fingerprint density at radius 1 is 0.891 bits per heavy atom. The molecule has 0 aliphatic rings. The van der Waals surface area contributed by atoms with Gasteiger partial charge in [0, 0.05) is 24.0 Å². The first-order valence-corrected chi connectivity index (χ1v) is 17.0. The summed E-state index contributed by atoms with van der Waals surface area (Å²) >= 11 is 6.32. The van der Waals surface area contributed by atoms with Gasteiger partial charge >= 0.3 is 0 Å². The van der Waals surface area contributed by atoms with E-state index in [9.17, 15) is 18.0 Å². The lowest BCUT2D eigenvalue weighted by Crippen LogP contribution is -2.54. The molecule has 0 saturated heterocycles. The topological polar surface area (TPSA) is 96.0 Å². The van der Waals surface area contributed by atoms with E-state index >= 15 is 0 Å². The van der Waals surface area contributed by atoms with Crippen molar-refractivity contribution in [1.82, 2.24) is 10.2 Å². The van der Waals surface area contributed by atoms with Crippen molar-refractivity contribution in [3.8, 4) is 5.75 Å². The van der Waals surface area contributed by atoms with Crippen LogP contribution in [0.2, 0.25) is 5.02 Å². The molecule has 0 aliphatic heterocycles. The molecule has 2 atom stereocenters. The standard InChI is InChI=1S/C36H40ClN3O5S/c1-5-27(3)38-36(42)33(23-28-12-7-6-8-13-28)39(24-29-14-11-15-30(37)22-29)35(41)25-40(32-16-9-10-17-34(32)45-4)46(43,44)31-20-18-26(2)19-21-31/h6-22,27,33H,5,23-25H2,1-4H3,(H,38,42)/t27-,33+/m1/s1. The van der Waals surface area contributed by atoms with Crippen molar-refractivity contribution in [2.24, 2.45) is 0 Å². The molecule has 0 unspecified atom stereocenters. The van der Waals surface area contributed by atoms with E-state index in [1.165, 1.54) is 24.1 Å². The fourth-order valence-electron chi connectivity index (χ4n) is 5.01. The number of rotatable bonds is 14. The van der Waals surface area contributed by atoms with Gasteiger partial charge in [-0.3, -0.25) is 13.9 Å². The Morgan fingerprint density at radius 2 is 1.54 bits per heavy atom. The lowest BCUT2D eigenvalue weighted by Gasteiger charge is -2.34. The number of hydrogen-bond donors (Lipinski definition) is 1. The van der Waals surface area contributed by atoms with Gasteiger partial charge in [-0.2, -0.15) is 0 Å². The first-order chi connectivity index (χ1) is 22.0. The molecule has 4 aromatic carbocycles. The number of carbonyl (C=O) groups is 2. The van der Waals surface area contributed by atoms with E-state index in [-0.39, 0.29) is 41.2 Å². The third-order valence-electron chi connectivity index (χ3n) is 7.76. The van der Waals surface area contributed by atoms with Gasteiger partial charge in [0.05, 0.1) is 17.7 Å². The van der Waals surface area contributed by atoms with Crippen LogP contribution in [-0.4, -0.2) is 50.9 Å². The number of benzene rings is 4. The molecule has 242 valence electrons. The summed E-state index contributed by atoms with van der Waals surface area (Å²) in [6.45, 7) is 5.17. The molecule has 0 heterocycles. The van der Waals surface area contributed by atoms with Gasteiger partial charge in [0.1, 0.15) is 18.3 Å². The van der Waals surface area contributed by atoms with Crippen LogP contribution < -0.4 is 14.4 Å². The fraction of sp³-hybridized carbons (Fsp3) is 0.278. The Hall–Kier alpha value is -4.34. The number of anilines is 1. The van der Waals surface area contributed by atoms with Crippen LogP contribution in [-0.2, 0) is 32.6 Å². The molecule has 0 radical (unpaired) electrons. The molecule has 1 N–H and O–H groups in total. The maximum absolute atomic E-state index is 14.6. The molecular formula is C36H40ClN3O5S. The van der Waals surface area contributed by atoms with E-state index in [4.69, 9.17) is 16.3 Å². The second-order valence-electron chi connectivity index (χ2n) is 11.2. The smallest absolute Gasteiger partial charge is 0.264 e. The molecule has 8 nitrogen and oxygen atoms in total. The Kier molecular flexibility index (Phi) is 11.8. The van der Waals surface area contributed by atoms with Crippen molar-refractivity contribution in [2.45, 2.75) is 57.1 Å². The van der Waals surface area contributed by atoms with Gasteiger partial charge in [0.15, 0.2) is 0 Å². The molecule has 2 amide bonds. The second-order valence-corrected chi connectivity index (χ2v) is 13.5. The summed E-state index contributed by atoms with van der Waals surface area (Å²) in [5.41, 5.74) is 2.64. The van der Waals surface area contributed by atoms with Crippen LogP contribution in [0.5, 0.6) is 5.75 Å². The zero-order valence-electron chi connectivity index (χ0n) is 26.5. The first-order valence-electron chi connectivity index (χ1n) is 15.1.